The Hall–Kier alpha value is -0.910. The van der Waals surface area contributed by atoms with E-state index in [-0.39, 0.29) is 11.4 Å². The van der Waals surface area contributed by atoms with Gasteiger partial charge in [0.05, 0.1) is 39.0 Å². The lowest BCUT2D eigenvalue weighted by atomic mass is 9.57. The SMILES string of the molecule is COC(=O)C1(C2(c3cccc(Br)c3)COC2)COC1. The summed E-state index contributed by atoms with van der Waals surface area (Å²) in [7, 11) is 1.43. The molecule has 102 valence electrons. The molecule has 2 fully saturated rings. The van der Waals surface area contributed by atoms with Gasteiger partial charge in [-0.1, -0.05) is 28.1 Å². The van der Waals surface area contributed by atoms with Gasteiger partial charge >= 0.3 is 5.97 Å². The summed E-state index contributed by atoms with van der Waals surface area (Å²) >= 11 is 3.48. The highest BCUT2D eigenvalue weighted by atomic mass is 79.9. The lowest BCUT2D eigenvalue weighted by Gasteiger charge is -2.57. The molecule has 1 aromatic carbocycles. The maximum atomic E-state index is 12.2. The Morgan fingerprint density at radius 2 is 1.95 bits per heavy atom. The van der Waals surface area contributed by atoms with Crippen LogP contribution in [0.25, 0.3) is 0 Å². The number of hydrogen-bond acceptors (Lipinski definition) is 4. The summed E-state index contributed by atoms with van der Waals surface area (Å²) in [6.07, 6.45) is 0. The van der Waals surface area contributed by atoms with E-state index in [1.54, 1.807) is 0 Å². The van der Waals surface area contributed by atoms with Crippen LogP contribution in [-0.4, -0.2) is 39.5 Å². The normalized spacial score (nSPS) is 23.1. The van der Waals surface area contributed by atoms with Crippen LogP contribution in [0.1, 0.15) is 5.56 Å². The van der Waals surface area contributed by atoms with Gasteiger partial charge in [0.15, 0.2) is 0 Å². The molecule has 0 amide bonds. The average molecular weight is 327 g/mol. The van der Waals surface area contributed by atoms with Crippen LogP contribution >= 0.6 is 15.9 Å². The van der Waals surface area contributed by atoms with Gasteiger partial charge in [0.2, 0.25) is 0 Å². The van der Waals surface area contributed by atoms with Crippen LogP contribution in [0.15, 0.2) is 28.7 Å². The summed E-state index contributed by atoms with van der Waals surface area (Å²) in [6.45, 7) is 1.86. The molecule has 1 aromatic rings. The second kappa shape index (κ2) is 4.58. The molecule has 19 heavy (non-hydrogen) atoms. The highest BCUT2D eigenvalue weighted by molar-refractivity contribution is 9.10. The maximum Gasteiger partial charge on any atom is 0.317 e. The van der Waals surface area contributed by atoms with Gasteiger partial charge in [-0.15, -0.1) is 0 Å². The van der Waals surface area contributed by atoms with Crippen molar-refractivity contribution in [3.8, 4) is 0 Å². The maximum absolute atomic E-state index is 12.2. The summed E-state index contributed by atoms with van der Waals surface area (Å²) in [6, 6.07) is 8.03. The van der Waals surface area contributed by atoms with Gasteiger partial charge in [0.25, 0.3) is 0 Å². The molecule has 0 saturated carbocycles. The highest BCUT2D eigenvalue weighted by Gasteiger charge is 2.66. The number of benzene rings is 1. The third kappa shape index (κ3) is 1.68. The monoisotopic (exact) mass is 326 g/mol. The summed E-state index contributed by atoms with van der Waals surface area (Å²) in [5, 5.41) is 0. The Labute approximate surface area is 120 Å². The van der Waals surface area contributed by atoms with Crippen molar-refractivity contribution < 1.29 is 19.0 Å². The second-order valence-electron chi connectivity index (χ2n) is 5.15. The topological polar surface area (TPSA) is 44.8 Å². The molecule has 3 rings (SSSR count). The van der Waals surface area contributed by atoms with Crippen molar-refractivity contribution in [2.24, 2.45) is 5.41 Å². The first-order chi connectivity index (χ1) is 9.14. The zero-order valence-corrected chi connectivity index (χ0v) is 12.2. The lowest BCUT2D eigenvalue weighted by Crippen LogP contribution is -2.70. The lowest BCUT2D eigenvalue weighted by molar-refractivity contribution is -0.238. The first-order valence-electron chi connectivity index (χ1n) is 6.15. The van der Waals surface area contributed by atoms with Gasteiger partial charge in [0.1, 0.15) is 5.41 Å². The fourth-order valence-corrected chi connectivity index (χ4v) is 3.30. The van der Waals surface area contributed by atoms with Gasteiger partial charge in [-0.2, -0.15) is 0 Å². The van der Waals surface area contributed by atoms with Crippen LogP contribution in [0.2, 0.25) is 0 Å². The van der Waals surface area contributed by atoms with Crippen LogP contribution in [0, 0.1) is 5.41 Å². The minimum absolute atomic E-state index is 0.206. The third-order valence-corrected chi connectivity index (χ3v) is 4.76. The molecular weight excluding hydrogens is 312 g/mol. The van der Waals surface area contributed by atoms with Crippen molar-refractivity contribution in [3.05, 3.63) is 34.3 Å². The zero-order chi connectivity index (χ0) is 13.5. The number of carbonyl (C=O) groups excluding carboxylic acids is 1. The van der Waals surface area contributed by atoms with E-state index in [9.17, 15) is 4.79 Å². The zero-order valence-electron chi connectivity index (χ0n) is 10.6. The van der Waals surface area contributed by atoms with Crippen molar-refractivity contribution in [1.29, 1.82) is 0 Å². The van der Waals surface area contributed by atoms with E-state index in [2.05, 4.69) is 15.9 Å². The smallest absolute Gasteiger partial charge is 0.317 e. The summed E-state index contributed by atoms with van der Waals surface area (Å²) in [5.41, 5.74) is 0.157. The van der Waals surface area contributed by atoms with Gasteiger partial charge in [-0.05, 0) is 17.7 Å². The number of ether oxygens (including phenoxy) is 3. The van der Waals surface area contributed by atoms with Crippen LogP contribution in [0.3, 0.4) is 0 Å². The first-order valence-corrected chi connectivity index (χ1v) is 6.94. The van der Waals surface area contributed by atoms with Gasteiger partial charge in [-0.3, -0.25) is 4.79 Å². The van der Waals surface area contributed by atoms with Gasteiger partial charge in [-0.25, -0.2) is 0 Å². The molecule has 0 N–H and O–H groups in total. The van der Waals surface area contributed by atoms with Gasteiger partial charge in [0, 0.05) is 4.47 Å². The fraction of sp³-hybridized carbons (Fsp3) is 0.500. The number of carbonyl (C=O) groups is 1. The van der Waals surface area contributed by atoms with Crippen molar-refractivity contribution in [2.75, 3.05) is 33.5 Å². The standard InChI is InChI=1S/C14H15BrO4/c1-17-12(16)14(8-19-9-14)13(6-18-7-13)10-3-2-4-11(15)5-10/h2-5H,6-9H2,1H3. The van der Waals surface area contributed by atoms with E-state index >= 15 is 0 Å². The minimum Gasteiger partial charge on any atom is -0.468 e. The molecule has 0 spiro atoms. The van der Waals surface area contributed by atoms with E-state index in [0.29, 0.717) is 26.4 Å². The van der Waals surface area contributed by atoms with E-state index < -0.39 is 5.41 Å². The first kappa shape index (κ1) is 13.1. The Morgan fingerprint density at radius 1 is 1.26 bits per heavy atom. The van der Waals surface area contributed by atoms with E-state index in [0.717, 1.165) is 10.0 Å². The number of methoxy groups -OCH3 is 1. The summed E-state index contributed by atoms with van der Waals surface area (Å²) in [4.78, 5) is 12.2. The Balaban J connectivity index is 2.06. The third-order valence-electron chi connectivity index (χ3n) is 4.26. The predicted molar refractivity (Wildman–Crippen MR) is 71.9 cm³/mol. The van der Waals surface area contributed by atoms with E-state index in [4.69, 9.17) is 14.2 Å². The molecule has 4 nitrogen and oxygen atoms in total. The van der Waals surface area contributed by atoms with Gasteiger partial charge < -0.3 is 14.2 Å². The van der Waals surface area contributed by atoms with Crippen molar-refractivity contribution in [1.82, 2.24) is 0 Å². The predicted octanol–water partition coefficient (Wildman–Crippen LogP) is 1.91. The van der Waals surface area contributed by atoms with Crippen molar-refractivity contribution >= 4 is 21.9 Å². The molecule has 2 heterocycles. The van der Waals surface area contributed by atoms with Crippen LogP contribution in [-0.2, 0) is 24.4 Å². The number of rotatable bonds is 3. The summed E-state index contributed by atoms with van der Waals surface area (Å²) in [5.74, 6) is -0.206. The summed E-state index contributed by atoms with van der Waals surface area (Å²) < 4.78 is 16.8. The molecule has 2 aliphatic heterocycles. The number of halogens is 1. The second-order valence-corrected chi connectivity index (χ2v) is 6.07. The van der Waals surface area contributed by atoms with Crippen LogP contribution in [0.5, 0.6) is 0 Å². The molecule has 0 atom stereocenters. The molecule has 0 unspecified atom stereocenters. The molecule has 0 aliphatic carbocycles. The molecule has 0 radical (unpaired) electrons. The molecular formula is C14H15BrO4. The minimum atomic E-state index is -0.610. The van der Waals surface area contributed by atoms with Crippen LogP contribution < -0.4 is 0 Å². The Morgan fingerprint density at radius 3 is 2.37 bits per heavy atom. The van der Waals surface area contributed by atoms with E-state index in [1.807, 2.05) is 24.3 Å². The molecule has 2 saturated heterocycles. The molecule has 0 aromatic heterocycles. The number of hydrogen-bond donors (Lipinski definition) is 0. The van der Waals surface area contributed by atoms with Crippen molar-refractivity contribution in [2.45, 2.75) is 5.41 Å². The van der Waals surface area contributed by atoms with Crippen LogP contribution in [0.4, 0.5) is 0 Å². The Bertz CT molecular complexity index is 506. The molecule has 5 heteroatoms. The molecule has 2 aliphatic rings. The molecule has 0 bridgehead atoms. The largest absolute Gasteiger partial charge is 0.468 e. The van der Waals surface area contributed by atoms with E-state index in [1.165, 1.54) is 7.11 Å². The average Bonchev–Trinajstić information content (AvgIpc) is 2.30. The fourth-order valence-electron chi connectivity index (χ4n) is 2.90. The quantitative estimate of drug-likeness (QED) is 0.796. The number of esters is 1. The Kier molecular flexibility index (Phi) is 3.15. The van der Waals surface area contributed by atoms with Crippen molar-refractivity contribution in [3.63, 3.8) is 0 Å². The highest BCUT2D eigenvalue weighted by Crippen LogP contribution is 2.52.